The summed E-state index contributed by atoms with van der Waals surface area (Å²) >= 11 is 0. The molecular formula is C26H34N4O2. The van der Waals surface area contributed by atoms with E-state index in [0.29, 0.717) is 18.1 Å². The number of hydrogen-bond donors (Lipinski definition) is 0. The Hall–Kier alpha value is -2.60. The lowest BCUT2D eigenvalue weighted by atomic mass is 9.78. The first-order valence-electron chi connectivity index (χ1n) is 12.0. The number of carbonyl (C=O) groups is 1. The Morgan fingerprint density at radius 1 is 1.12 bits per heavy atom. The fraction of sp³-hybridized carbons (Fsp3) is 0.538. The lowest BCUT2D eigenvalue weighted by Crippen LogP contribution is -2.58. The molecule has 1 aromatic heterocycles. The number of benzene rings is 1. The summed E-state index contributed by atoms with van der Waals surface area (Å²) in [5, 5.41) is 0. The normalized spacial score (nSPS) is 22.8. The number of anilines is 1. The number of carbonyl (C=O) groups excluding carboxylic acids is 1. The van der Waals surface area contributed by atoms with Crippen LogP contribution in [0.1, 0.15) is 31.7 Å². The summed E-state index contributed by atoms with van der Waals surface area (Å²) in [5.41, 5.74) is 4.05. The highest BCUT2D eigenvalue weighted by molar-refractivity contribution is 5.76. The summed E-state index contributed by atoms with van der Waals surface area (Å²) in [6.07, 6.45) is 5.45. The molecule has 1 aromatic carbocycles. The highest BCUT2D eigenvalue weighted by Gasteiger charge is 2.51. The number of hydrogen-bond acceptors (Lipinski definition) is 5. The van der Waals surface area contributed by atoms with Crippen LogP contribution in [0.3, 0.4) is 0 Å². The average Bonchev–Trinajstić information content (AvgIpc) is 3.25. The number of aromatic nitrogens is 1. The number of amides is 1. The van der Waals surface area contributed by atoms with E-state index in [1.165, 1.54) is 36.0 Å². The molecule has 1 aliphatic carbocycles. The quantitative estimate of drug-likeness (QED) is 0.722. The Bertz CT molecular complexity index is 947. The topological polar surface area (TPSA) is 48.9 Å². The zero-order valence-corrected chi connectivity index (χ0v) is 19.3. The molecule has 6 heteroatoms. The highest BCUT2D eigenvalue weighted by Crippen LogP contribution is 2.47. The second-order valence-corrected chi connectivity index (χ2v) is 9.72. The molecule has 32 heavy (non-hydrogen) atoms. The van der Waals surface area contributed by atoms with Crippen LogP contribution in [0.2, 0.25) is 0 Å². The monoisotopic (exact) mass is 434 g/mol. The Labute approximate surface area is 191 Å². The number of pyridine rings is 1. The maximum atomic E-state index is 11.9. The molecule has 2 aromatic rings. The predicted octanol–water partition coefficient (Wildman–Crippen LogP) is 4.19. The van der Waals surface area contributed by atoms with Crippen molar-refractivity contribution in [3.05, 3.63) is 48.2 Å². The van der Waals surface area contributed by atoms with Gasteiger partial charge in [-0.2, -0.15) is 0 Å². The predicted molar refractivity (Wildman–Crippen MR) is 127 cm³/mol. The summed E-state index contributed by atoms with van der Waals surface area (Å²) in [4.78, 5) is 23.7. The van der Waals surface area contributed by atoms with Gasteiger partial charge in [-0.1, -0.05) is 29.8 Å². The first-order valence-corrected chi connectivity index (χ1v) is 12.0. The van der Waals surface area contributed by atoms with Gasteiger partial charge in [-0.3, -0.25) is 4.90 Å². The van der Waals surface area contributed by atoms with Crippen molar-refractivity contribution in [2.24, 2.45) is 5.41 Å². The van der Waals surface area contributed by atoms with Crippen molar-refractivity contribution >= 4 is 11.9 Å². The molecule has 6 nitrogen and oxygen atoms in total. The molecule has 0 N–H and O–H groups in total. The molecule has 3 fully saturated rings. The van der Waals surface area contributed by atoms with Gasteiger partial charge in [-0.15, -0.1) is 0 Å². The Morgan fingerprint density at radius 2 is 1.88 bits per heavy atom. The zero-order chi connectivity index (χ0) is 22.1. The van der Waals surface area contributed by atoms with Gasteiger partial charge in [0.05, 0.1) is 6.61 Å². The maximum absolute atomic E-state index is 11.9. The van der Waals surface area contributed by atoms with Gasteiger partial charge in [-0.25, -0.2) is 9.78 Å². The van der Waals surface area contributed by atoms with Crippen LogP contribution in [0.4, 0.5) is 10.6 Å². The van der Waals surface area contributed by atoms with E-state index < -0.39 is 0 Å². The van der Waals surface area contributed by atoms with Crippen LogP contribution in [-0.4, -0.2) is 72.8 Å². The van der Waals surface area contributed by atoms with E-state index in [9.17, 15) is 4.79 Å². The third kappa shape index (κ3) is 4.08. The molecule has 2 saturated heterocycles. The van der Waals surface area contributed by atoms with Gasteiger partial charge in [0.15, 0.2) is 0 Å². The first kappa shape index (κ1) is 21.3. The van der Waals surface area contributed by atoms with Crippen molar-refractivity contribution in [2.45, 2.75) is 39.2 Å². The molecule has 3 aliphatic rings. The van der Waals surface area contributed by atoms with Crippen molar-refractivity contribution in [3.63, 3.8) is 0 Å². The van der Waals surface area contributed by atoms with Gasteiger partial charge < -0.3 is 14.5 Å². The van der Waals surface area contributed by atoms with Crippen LogP contribution in [0.15, 0.2) is 42.6 Å². The number of rotatable bonds is 4. The molecular weight excluding hydrogens is 400 g/mol. The lowest BCUT2D eigenvalue weighted by molar-refractivity contribution is -0.00294. The smallest absolute Gasteiger partial charge is 0.409 e. The number of likely N-dealkylation sites (tertiary alicyclic amines) is 1. The number of aryl methyl sites for hydroxylation is 1. The third-order valence-corrected chi connectivity index (χ3v) is 7.53. The summed E-state index contributed by atoms with van der Waals surface area (Å²) in [5.74, 6) is 1.10. The van der Waals surface area contributed by atoms with Gasteiger partial charge in [-0.05, 0) is 50.8 Å². The molecule has 5 rings (SSSR count). The molecule has 170 valence electrons. The fourth-order valence-electron chi connectivity index (χ4n) is 5.79. The first-order chi connectivity index (χ1) is 15.6. The molecule has 2 aliphatic heterocycles. The second kappa shape index (κ2) is 8.74. The maximum Gasteiger partial charge on any atom is 0.409 e. The van der Waals surface area contributed by atoms with Crippen molar-refractivity contribution < 1.29 is 9.53 Å². The second-order valence-electron chi connectivity index (χ2n) is 9.72. The van der Waals surface area contributed by atoms with Crippen molar-refractivity contribution in [1.29, 1.82) is 0 Å². The molecule has 1 saturated carbocycles. The van der Waals surface area contributed by atoms with E-state index in [-0.39, 0.29) is 6.09 Å². The van der Waals surface area contributed by atoms with E-state index in [1.54, 1.807) is 0 Å². The zero-order valence-electron chi connectivity index (χ0n) is 19.3. The minimum atomic E-state index is -0.144. The van der Waals surface area contributed by atoms with Crippen molar-refractivity contribution in [2.75, 3.05) is 50.8 Å². The molecule has 0 bridgehead atoms. The SMILES string of the molecule is CCOC(=O)N1CC2(CC[C@@H](N3CCN(c4ncccc4-c4ccc(C)cc4)CC3)C2)C1. The Kier molecular flexibility index (Phi) is 5.80. The van der Waals surface area contributed by atoms with Crippen molar-refractivity contribution in [1.82, 2.24) is 14.8 Å². The van der Waals surface area contributed by atoms with Crippen LogP contribution >= 0.6 is 0 Å². The highest BCUT2D eigenvalue weighted by atomic mass is 16.6. The fourth-order valence-corrected chi connectivity index (χ4v) is 5.79. The summed E-state index contributed by atoms with van der Waals surface area (Å²) in [6.45, 7) is 10.4. The molecule has 0 radical (unpaired) electrons. The Balaban J connectivity index is 1.18. The van der Waals surface area contributed by atoms with E-state index >= 15 is 0 Å². The molecule has 1 amide bonds. The van der Waals surface area contributed by atoms with Crippen LogP contribution in [0.5, 0.6) is 0 Å². The molecule has 1 atom stereocenters. The average molecular weight is 435 g/mol. The summed E-state index contributed by atoms with van der Waals surface area (Å²) in [7, 11) is 0. The van der Waals surface area contributed by atoms with Gasteiger partial charge in [0.2, 0.25) is 0 Å². The van der Waals surface area contributed by atoms with Crippen LogP contribution < -0.4 is 4.90 Å². The number of nitrogens with zero attached hydrogens (tertiary/aromatic N) is 4. The van der Waals surface area contributed by atoms with Gasteiger partial charge >= 0.3 is 6.09 Å². The molecule has 1 spiro atoms. The number of piperazine rings is 1. The van der Waals surface area contributed by atoms with E-state index in [0.717, 1.165) is 45.1 Å². The lowest BCUT2D eigenvalue weighted by Gasteiger charge is -2.48. The van der Waals surface area contributed by atoms with E-state index in [2.05, 4.69) is 47.1 Å². The largest absolute Gasteiger partial charge is 0.450 e. The van der Waals surface area contributed by atoms with Gasteiger partial charge in [0.1, 0.15) is 5.82 Å². The van der Waals surface area contributed by atoms with Crippen LogP contribution in [-0.2, 0) is 4.74 Å². The minimum Gasteiger partial charge on any atom is -0.450 e. The van der Waals surface area contributed by atoms with Gasteiger partial charge in [0.25, 0.3) is 0 Å². The summed E-state index contributed by atoms with van der Waals surface area (Å²) < 4.78 is 5.16. The molecule has 3 heterocycles. The van der Waals surface area contributed by atoms with Crippen LogP contribution in [0, 0.1) is 12.3 Å². The van der Waals surface area contributed by atoms with E-state index in [1.807, 2.05) is 24.1 Å². The Morgan fingerprint density at radius 3 is 2.59 bits per heavy atom. The minimum absolute atomic E-state index is 0.144. The molecule has 0 unspecified atom stereocenters. The van der Waals surface area contributed by atoms with Gasteiger partial charge in [0, 0.05) is 62.5 Å². The third-order valence-electron chi connectivity index (χ3n) is 7.53. The number of ether oxygens (including phenoxy) is 1. The standard InChI is InChI=1S/C26H34N4O2/c1-3-32-25(31)30-18-26(19-30)11-10-22(17-26)28-13-15-29(16-14-28)24-23(5-4-12-27-24)21-8-6-20(2)7-9-21/h4-9,12,22H,3,10-11,13-19H2,1-2H3/t22-/m1/s1. The summed E-state index contributed by atoms with van der Waals surface area (Å²) in [6, 6.07) is 13.6. The van der Waals surface area contributed by atoms with E-state index in [4.69, 9.17) is 9.72 Å². The van der Waals surface area contributed by atoms with Crippen molar-refractivity contribution in [3.8, 4) is 11.1 Å². The van der Waals surface area contributed by atoms with Crippen LogP contribution in [0.25, 0.3) is 11.1 Å².